The molecule has 2 aromatic rings. The Morgan fingerprint density at radius 3 is 2.35 bits per heavy atom. The van der Waals surface area contributed by atoms with E-state index in [-0.39, 0.29) is 16.0 Å². The van der Waals surface area contributed by atoms with Gasteiger partial charge in [0.15, 0.2) is 0 Å². The van der Waals surface area contributed by atoms with Gasteiger partial charge < -0.3 is 0 Å². The third-order valence-electron chi connectivity index (χ3n) is 1.99. The molecule has 3 nitrogen and oxygen atoms in total. The Morgan fingerprint density at radius 1 is 1.12 bits per heavy atom. The molecule has 0 saturated heterocycles. The largest absolute Gasteiger partial charge is 0.416 e. The van der Waals surface area contributed by atoms with Crippen LogP contribution in [-0.2, 0) is 6.18 Å². The fourth-order valence-corrected chi connectivity index (χ4v) is 1.69. The molecule has 0 aliphatic heterocycles. The number of alkyl halides is 3. The minimum absolute atomic E-state index is 0.0413. The first-order chi connectivity index (χ1) is 7.88. The SMILES string of the molecule is FC(F)(F)c1cc(Cl)cc(-n2cnnc2Cl)c1. The van der Waals surface area contributed by atoms with Gasteiger partial charge in [-0.05, 0) is 29.8 Å². The van der Waals surface area contributed by atoms with Crippen LogP contribution >= 0.6 is 23.2 Å². The molecule has 0 fully saturated rings. The Labute approximate surface area is 104 Å². The van der Waals surface area contributed by atoms with Gasteiger partial charge in [0.2, 0.25) is 5.28 Å². The van der Waals surface area contributed by atoms with Crippen molar-refractivity contribution in [3.63, 3.8) is 0 Å². The van der Waals surface area contributed by atoms with Crippen LogP contribution in [0.5, 0.6) is 0 Å². The van der Waals surface area contributed by atoms with E-state index in [1.165, 1.54) is 17.0 Å². The number of halogens is 5. The fourth-order valence-electron chi connectivity index (χ4n) is 1.27. The molecule has 0 unspecified atom stereocenters. The van der Waals surface area contributed by atoms with Gasteiger partial charge in [-0.15, -0.1) is 10.2 Å². The predicted molar refractivity (Wildman–Crippen MR) is 56.4 cm³/mol. The molecule has 90 valence electrons. The zero-order valence-electron chi connectivity index (χ0n) is 8.04. The first-order valence-electron chi connectivity index (χ1n) is 4.31. The number of hydrogen-bond acceptors (Lipinski definition) is 2. The predicted octanol–water partition coefficient (Wildman–Crippen LogP) is 3.59. The standard InChI is InChI=1S/C9H4Cl2F3N3/c10-6-1-5(9(12,13)14)2-7(3-6)17-4-15-16-8(17)11/h1-4H. The molecule has 0 atom stereocenters. The van der Waals surface area contributed by atoms with Gasteiger partial charge in [0.25, 0.3) is 0 Å². The molecule has 2 rings (SSSR count). The average molecular weight is 282 g/mol. The highest BCUT2D eigenvalue weighted by Crippen LogP contribution is 2.33. The smallest absolute Gasteiger partial charge is 0.272 e. The summed E-state index contributed by atoms with van der Waals surface area (Å²) in [5, 5.41) is 6.86. The van der Waals surface area contributed by atoms with Crippen molar-refractivity contribution in [1.82, 2.24) is 14.8 Å². The Balaban J connectivity index is 2.57. The van der Waals surface area contributed by atoms with E-state index in [4.69, 9.17) is 23.2 Å². The highest BCUT2D eigenvalue weighted by atomic mass is 35.5. The molecule has 1 aromatic heterocycles. The zero-order valence-corrected chi connectivity index (χ0v) is 9.55. The minimum atomic E-state index is -4.47. The van der Waals surface area contributed by atoms with Crippen LogP contribution in [0, 0.1) is 0 Å². The lowest BCUT2D eigenvalue weighted by Gasteiger charge is -2.10. The molecule has 0 saturated carbocycles. The second-order valence-corrected chi connectivity index (χ2v) is 3.94. The molecule has 0 N–H and O–H groups in total. The number of nitrogens with zero attached hydrogens (tertiary/aromatic N) is 3. The van der Waals surface area contributed by atoms with Gasteiger partial charge in [-0.25, -0.2) is 0 Å². The van der Waals surface area contributed by atoms with Gasteiger partial charge >= 0.3 is 6.18 Å². The number of aromatic nitrogens is 3. The molecule has 0 aliphatic carbocycles. The molecule has 0 radical (unpaired) electrons. The van der Waals surface area contributed by atoms with Crippen molar-refractivity contribution in [2.45, 2.75) is 6.18 Å². The number of rotatable bonds is 1. The van der Waals surface area contributed by atoms with Gasteiger partial charge in [0.1, 0.15) is 6.33 Å². The van der Waals surface area contributed by atoms with Crippen LogP contribution in [0.4, 0.5) is 13.2 Å². The van der Waals surface area contributed by atoms with Gasteiger partial charge in [0, 0.05) is 5.02 Å². The van der Waals surface area contributed by atoms with Crippen LogP contribution in [-0.4, -0.2) is 14.8 Å². The minimum Gasteiger partial charge on any atom is -0.272 e. The van der Waals surface area contributed by atoms with E-state index in [1.54, 1.807) is 0 Å². The Bertz CT molecular complexity index is 551. The highest BCUT2D eigenvalue weighted by molar-refractivity contribution is 6.31. The molecule has 8 heteroatoms. The number of hydrogen-bond donors (Lipinski definition) is 0. The molecule has 0 bridgehead atoms. The van der Waals surface area contributed by atoms with Gasteiger partial charge in [-0.2, -0.15) is 13.2 Å². The second kappa shape index (κ2) is 4.19. The molecule has 17 heavy (non-hydrogen) atoms. The summed E-state index contributed by atoms with van der Waals surface area (Å²) >= 11 is 11.3. The van der Waals surface area contributed by atoms with E-state index >= 15 is 0 Å². The van der Waals surface area contributed by atoms with Crippen LogP contribution < -0.4 is 0 Å². The molecular formula is C9H4Cl2F3N3. The van der Waals surface area contributed by atoms with E-state index in [2.05, 4.69) is 10.2 Å². The second-order valence-electron chi connectivity index (χ2n) is 3.17. The quantitative estimate of drug-likeness (QED) is 0.800. The summed E-state index contributed by atoms with van der Waals surface area (Å²) in [7, 11) is 0. The topological polar surface area (TPSA) is 30.7 Å². The van der Waals surface area contributed by atoms with Crippen molar-refractivity contribution in [3.8, 4) is 5.69 Å². The van der Waals surface area contributed by atoms with Gasteiger partial charge in [-0.1, -0.05) is 11.6 Å². The van der Waals surface area contributed by atoms with Crippen molar-refractivity contribution >= 4 is 23.2 Å². The molecule has 0 aliphatic rings. The van der Waals surface area contributed by atoms with Crippen LogP contribution in [0.3, 0.4) is 0 Å². The van der Waals surface area contributed by atoms with Crippen molar-refractivity contribution in [2.24, 2.45) is 0 Å². The van der Waals surface area contributed by atoms with E-state index in [0.717, 1.165) is 12.1 Å². The Kier molecular flexibility index (Phi) is 3.01. The lowest BCUT2D eigenvalue weighted by atomic mass is 10.2. The maximum Gasteiger partial charge on any atom is 0.416 e. The van der Waals surface area contributed by atoms with Crippen molar-refractivity contribution in [3.05, 3.63) is 40.4 Å². The average Bonchev–Trinajstić information content (AvgIpc) is 2.62. The molecule has 0 amide bonds. The van der Waals surface area contributed by atoms with Crippen LogP contribution in [0.1, 0.15) is 5.56 Å². The lowest BCUT2D eigenvalue weighted by molar-refractivity contribution is -0.137. The third kappa shape index (κ3) is 2.53. The van der Waals surface area contributed by atoms with E-state index in [9.17, 15) is 13.2 Å². The summed E-state index contributed by atoms with van der Waals surface area (Å²) in [5.41, 5.74) is -0.704. The number of benzene rings is 1. The molecule has 0 spiro atoms. The van der Waals surface area contributed by atoms with Crippen molar-refractivity contribution < 1.29 is 13.2 Å². The van der Waals surface area contributed by atoms with Crippen LogP contribution in [0.15, 0.2) is 24.5 Å². The fraction of sp³-hybridized carbons (Fsp3) is 0.111. The molecule has 1 heterocycles. The maximum atomic E-state index is 12.6. The van der Waals surface area contributed by atoms with E-state index < -0.39 is 11.7 Å². The summed E-state index contributed by atoms with van der Waals surface area (Å²) in [6.45, 7) is 0. The Morgan fingerprint density at radius 2 is 1.82 bits per heavy atom. The summed E-state index contributed by atoms with van der Waals surface area (Å²) in [5.74, 6) is 0. The van der Waals surface area contributed by atoms with Gasteiger partial charge in [-0.3, -0.25) is 4.57 Å². The van der Waals surface area contributed by atoms with Crippen LogP contribution in [0.2, 0.25) is 10.3 Å². The van der Waals surface area contributed by atoms with Crippen LogP contribution in [0.25, 0.3) is 5.69 Å². The lowest BCUT2D eigenvalue weighted by Crippen LogP contribution is -2.06. The highest BCUT2D eigenvalue weighted by Gasteiger charge is 2.31. The maximum absolute atomic E-state index is 12.6. The normalized spacial score (nSPS) is 11.8. The summed E-state index contributed by atoms with van der Waals surface area (Å²) in [6.07, 6.45) is -3.27. The molecule has 1 aromatic carbocycles. The summed E-state index contributed by atoms with van der Waals surface area (Å²) in [4.78, 5) is 0. The van der Waals surface area contributed by atoms with Gasteiger partial charge in [0.05, 0.1) is 11.3 Å². The monoisotopic (exact) mass is 281 g/mol. The van der Waals surface area contributed by atoms with Crippen molar-refractivity contribution in [2.75, 3.05) is 0 Å². The summed E-state index contributed by atoms with van der Waals surface area (Å²) < 4.78 is 38.9. The third-order valence-corrected chi connectivity index (χ3v) is 2.47. The van der Waals surface area contributed by atoms with Crippen molar-refractivity contribution in [1.29, 1.82) is 0 Å². The first kappa shape index (κ1) is 12.2. The molecular weight excluding hydrogens is 278 g/mol. The summed E-state index contributed by atoms with van der Waals surface area (Å²) in [6, 6.07) is 3.09. The van der Waals surface area contributed by atoms with E-state index in [0.29, 0.717) is 0 Å². The Hall–Kier alpha value is -1.27. The zero-order chi connectivity index (χ0) is 12.6. The van der Waals surface area contributed by atoms with E-state index in [1.807, 2.05) is 0 Å². The first-order valence-corrected chi connectivity index (χ1v) is 5.07.